The molecule has 152 valence electrons. The van der Waals surface area contributed by atoms with Gasteiger partial charge in [-0.3, -0.25) is 14.6 Å². The maximum absolute atomic E-state index is 13.5. The van der Waals surface area contributed by atoms with E-state index in [1.165, 1.54) is 0 Å². The maximum atomic E-state index is 13.5. The Morgan fingerprint density at radius 2 is 1.67 bits per heavy atom. The van der Waals surface area contributed by atoms with Crippen LogP contribution in [0.4, 0.5) is 0 Å². The third kappa shape index (κ3) is 3.45. The van der Waals surface area contributed by atoms with Crippen LogP contribution < -0.4 is 5.32 Å². The number of aromatic nitrogens is 1. The van der Waals surface area contributed by atoms with E-state index in [-0.39, 0.29) is 17.9 Å². The summed E-state index contributed by atoms with van der Waals surface area (Å²) >= 11 is 0. The van der Waals surface area contributed by atoms with Crippen LogP contribution in [0.15, 0.2) is 54.6 Å². The van der Waals surface area contributed by atoms with Crippen molar-refractivity contribution < 1.29 is 9.59 Å². The second-order valence-electron chi connectivity index (χ2n) is 8.19. The summed E-state index contributed by atoms with van der Waals surface area (Å²) in [4.78, 5) is 32.7. The van der Waals surface area contributed by atoms with Gasteiger partial charge in [-0.2, -0.15) is 0 Å². The predicted molar refractivity (Wildman–Crippen MR) is 117 cm³/mol. The highest BCUT2D eigenvalue weighted by Crippen LogP contribution is 2.31. The van der Waals surface area contributed by atoms with Gasteiger partial charge in [-0.25, -0.2) is 0 Å². The van der Waals surface area contributed by atoms with Gasteiger partial charge in [0.2, 0.25) is 0 Å². The van der Waals surface area contributed by atoms with E-state index in [9.17, 15) is 9.59 Å². The summed E-state index contributed by atoms with van der Waals surface area (Å²) in [7, 11) is 0. The van der Waals surface area contributed by atoms with Gasteiger partial charge in [-0.1, -0.05) is 36.4 Å². The number of carbonyl (C=O) groups excluding carboxylic acids is 2. The molecule has 0 atom stereocenters. The number of pyridine rings is 1. The van der Waals surface area contributed by atoms with Crippen molar-refractivity contribution in [3.05, 3.63) is 77.0 Å². The number of para-hydroxylation sites is 1. The molecule has 0 saturated carbocycles. The molecular weight excluding hydrogens is 374 g/mol. The Hall–Kier alpha value is -3.21. The summed E-state index contributed by atoms with van der Waals surface area (Å²) in [5.41, 5.74) is 4.65. The van der Waals surface area contributed by atoms with E-state index < -0.39 is 0 Å². The zero-order valence-electron chi connectivity index (χ0n) is 16.9. The standard InChI is InChI=1S/C25H25N3O2/c29-24(17-7-2-1-3-8-17)26-18-13-15-28(16-14-18)25(30)23-19-9-4-5-11-21(19)27-22-12-6-10-20(22)23/h1-5,7-9,11,18H,6,10,12-16H2,(H,26,29). The molecule has 1 aliphatic carbocycles. The summed E-state index contributed by atoms with van der Waals surface area (Å²) in [6.07, 6.45) is 4.49. The average molecular weight is 399 g/mol. The molecule has 1 N–H and O–H groups in total. The van der Waals surface area contributed by atoms with Crippen LogP contribution in [0.5, 0.6) is 0 Å². The fourth-order valence-corrected chi connectivity index (χ4v) is 4.70. The van der Waals surface area contributed by atoms with Crippen molar-refractivity contribution in [3.8, 4) is 0 Å². The first kappa shape index (κ1) is 18.8. The number of likely N-dealkylation sites (tertiary alicyclic amines) is 1. The average Bonchev–Trinajstić information content (AvgIpc) is 3.26. The van der Waals surface area contributed by atoms with E-state index in [0.29, 0.717) is 18.7 Å². The van der Waals surface area contributed by atoms with Gasteiger partial charge >= 0.3 is 0 Å². The van der Waals surface area contributed by atoms with Crippen LogP contribution in [0.3, 0.4) is 0 Å². The van der Waals surface area contributed by atoms with E-state index >= 15 is 0 Å². The number of piperidine rings is 1. The minimum Gasteiger partial charge on any atom is -0.349 e. The molecule has 2 aromatic carbocycles. The lowest BCUT2D eigenvalue weighted by Gasteiger charge is -2.33. The van der Waals surface area contributed by atoms with Gasteiger partial charge in [0.05, 0.1) is 11.1 Å². The molecular formula is C25H25N3O2. The normalized spacial score (nSPS) is 16.5. The number of nitrogens with one attached hydrogen (secondary N) is 1. The zero-order chi connectivity index (χ0) is 20.5. The van der Waals surface area contributed by atoms with Gasteiger partial charge in [0.1, 0.15) is 0 Å². The Kier molecular flexibility index (Phi) is 4.95. The van der Waals surface area contributed by atoms with Gasteiger partial charge in [0.25, 0.3) is 11.8 Å². The van der Waals surface area contributed by atoms with Gasteiger partial charge in [0, 0.05) is 35.8 Å². The van der Waals surface area contributed by atoms with Crippen molar-refractivity contribution in [3.63, 3.8) is 0 Å². The molecule has 0 bridgehead atoms. The molecule has 2 heterocycles. The second kappa shape index (κ2) is 7.90. The molecule has 1 fully saturated rings. The van der Waals surface area contributed by atoms with Crippen molar-refractivity contribution in [2.75, 3.05) is 13.1 Å². The van der Waals surface area contributed by atoms with E-state index in [0.717, 1.165) is 59.8 Å². The largest absolute Gasteiger partial charge is 0.349 e. The predicted octanol–water partition coefficient (Wildman–Crippen LogP) is 3.76. The van der Waals surface area contributed by atoms with Gasteiger partial charge in [-0.15, -0.1) is 0 Å². The maximum Gasteiger partial charge on any atom is 0.254 e. The number of aryl methyl sites for hydroxylation is 1. The number of hydrogen-bond acceptors (Lipinski definition) is 3. The van der Waals surface area contributed by atoms with Crippen LogP contribution in [0.2, 0.25) is 0 Å². The molecule has 0 spiro atoms. The number of rotatable bonds is 3. The van der Waals surface area contributed by atoms with Crippen molar-refractivity contribution >= 4 is 22.7 Å². The van der Waals surface area contributed by atoms with E-state index in [1.807, 2.05) is 59.5 Å². The van der Waals surface area contributed by atoms with Crippen molar-refractivity contribution in [1.29, 1.82) is 0 Å². The number of benzene rings is 2. The molecule has 1 aliphatic heterocycles. The first-order valence-electron chi connectivity index (χ1n) is 10.8. The van der Waals surface area contributed by atoms with Crippen LogP contribution in [-0.2, 0) is 12.8 Å². The van der Waals surface area contributed by atoms with Gasteiger partial charge in [-0.05, 0) is 55.9 Å². The third-order valence-corrected chi connectivity index (χ3v) is 6.29. The molecule has 1 saturated heterocycles. The Balaban J connectivity index is 1.32. The van der Waals surface area contributed by atoms with E-state index in [4.69, 9.17) is 4.98 Å². The number of carbonyl (C=O) groups is 2. The lowest BCUT2D eigenvalue weighted by Crippen LogP contribution is -2.46. The number of fused-ring (bicyclic) bond motifs is 2. The fraction of sp³-hybridized carbons (Fsp3) is 0.320. The lowest BCUT2D eigenvalue weighted by molar-refractivity contribution is 0.0699. The molecule has 0 unspecified atom stereocenters. The Bertz CT molecular complexity index is 1100. The number of hydrogen-bond donors (Lipinski definition) is 1. The highest BCUT2D eigenvalue weighted by Gasteiger charge is 2.29. The van der Waals surface area contributed by atoms with Crippen LogP contribution in [0, 0.1) is 0 Å². The molecule has 2 amide bonds. The molecule has 2 aliphatic rings. The summed E-state index contributed by atoms with van der Waals surface area (Å²) < 4.78 is 0. The van der Waals surface area contributed by atoms with Crippen LogP contribution in [0.25, 0.3) is 10.9 Å². The van der Waals surface area contributed by atoms with Crippen molar-refractivity contribution in [1.82, 2.24) is 15.2 Å². The molecule has 5 nitrogen and oxygen atoms in total. The number of nitrogens with zero attached hydrogens (tertiary/aromatic N) is 2. The third-order valence-electron chi connectivity index (χ3n) is 6.29. The summed E-state index contributed by atoms with van der Waals surface area (Å²) in [5, 5.41) is 4.08. The second-order valence-corrected chi connectivity index (χ2v) is 8.19. The minimum atomic E-state index is -0.0432. The monoisotopic (exact) mass is 399 g/mol. The van der Waals surface area contributed by atoms with Crippen molar-refractivity contribution in [2.45, 2.75) is 38.1 Å². The first-order valence-corrected chi connectivity index (χ1v) is 10.8. The molecule has 30 heavy (non-hydrogen) atoms. The molecule has 0 radical (unpaired) electrons. The zero-order valence-corrected chi connectivity index (χ0v) is 16.9. The minimum absolute atomic E-state index is 0.0432. The number of amides is 2. The van der Waals surface area contributed by atoms with Crippen LogP contribution in [0.1, 0.15) is 51.2 Å². The molecule has 1 aromatic heterocycles. The molecule has 5 rings (SSSR count). The lowest BCUT2D eigenvalue weighted by atomic mass is 9.98. The Morgan fingerprint density at radius 3 is 2.47 bits per heavy atom. The van der Waals surface area contributed by atoms with Crippen LogP contribution in [-0.4, -0.2) is 40.8 Å². The quantitative estimate of drug-likeness (QED) is 0.729. The highest BCUT2D eigenvalue weighted by atomic mass is 16.2. The first-order chi connectivity index (χ1) is 14.7. The van der Waals surface area contributed by atoms with Crippen LogP contribution >= 0.6 is 0 Å². The van der Waals surface area contributed by atoms with Gasteiger partial charge in [0.15, 0.2) is 0 Å². The fourth-order valence-electron chi connectivity index (χ4n) is 4.70. The van der Waals surface area contributed by atoms with Crippen molar-refractivity contribution in [2.24, 2.45) is 0 Å². The van der Waals surface area contributed by atoms with Gasteiger partial charge < -0.3 is 10.2 Å². The smallest absolute Gasteiger partial charge is 0.254 e. The summed E-state index contributed by atoms with van der Waals surface area (Å²) in [6.45, 7) is 1.31. The SMILES string of the molecule is O=C(NC1CCN(C(=O)c2c3c(nc4ccccc24)CCC3)CC1)c1ccccc1. The highest BCUT2D eigenvalue weighted by molar-refractivity contribution is 6.08. The molecule has 5 heteroatoms. The summed E-state index contributed by atoms with van der Waals surface area (Å²) in [5.74, 6) is 0.0675. The van der Waals surface area contributed by atoms with E-state index in [1.54, 1.807) is 0 Å². The molecule has 3 aromatic rings. The topological polar surface area (TPSA) is 62.3 Å². The summed E-state index contributed by atoms with van der Waals surface area (Å²) in [6, 6.07) is 17.4. The Morgan fingerprint density at radius 1 is 0.933 bits per heavy atom. The van der Waals surface area contributed by atoms with E-state index in [2.05, 4.69) is 5.32 Å². The Labute approximate surface area is 176 Å².